The van der Waals surface area contributed by atoms with Gasteiger partial charge in [0.25, 0.3) is 35.4 Å². The predicted molar refractivity (Wildman–Crippen MR) is 609 cm³/mol. The van der Waals surface area contributed by atoms with Crippen molar-refractivity contribution < 1.29 is 109 Å². The Labute approximate surface area is 928 Å². The van der Waals surface area contributed by atoms with Crippen LogP contribution in [-0.4, -0.2) is 162 Å². The van der Waals surface area contributed by atoms with Gasteiger partial charge in [-0.15, -0.1) is 11.8 Å². The summed E-state index contributed by atoms with van der Waals surface area (Å²) >= 11 is 28.8. The number of nitrogens with zero attached hydrogens (tertiary/aromatic N) is 8. The molecule has 0 aromatic heterocycles. The van der Waals surface area contributed by atoms with Crippen molar-refractivity contribution in [2.45, 2.75) is 299 Å². The van der Waals surface area contributed by atoms with Crippen molar-refractivity contribution in [2.75, 3.05) is 44.0 Å². The number of benzene rings is 7. The van der Waals surface area contributed by atoms with Crippen LogP contribution in [0.2, 0.25) is 0 Å². The number of amides is 6. The number of aryl methyl sites for hydroxylation is 7. The van der Waals surface area contributed by atoms with E-state index in [2.05, 4.69) is 44.0 Å². The van der Waals surface area contributed by atoms with E-state index in [0.29, 0.717) is 74.0 Å². The molecule has 0 unspecified atom stereocenters. The van der Waals surface area contributed by atoms with E-state index in [1.54, 1.807) is 70.9 Å². The standard InChI is InChI=1S/C21H26N2OS2.C18H24F3NO2S.C18H28N2OS2.C17H22F3NOS2.C16H17F6NO2S2.C16H20F3NO2S2.CH4/c1-15-12-16(2)14-17(13-15)19(24)23(21(3,4)5)26-20(25)22(6)18-10-8-7-9-11-18;1-11(2)24-13(4)25-22(17(5,6)7)16(23)14-8-12(3)9-15(10-14)18(19,20)21;1-8-19(9-2)17(22)23-20(18(5,6)7)16(21)15-11-13(3)10-14(4)12-15;1-7-23-12(3)24-21(16(4,5)6)15(22)13-8-11(2)9-14(10-13)17(18,19)20;1-5-25-13(26)27-23(14(2,3)4)12(24)11-9(15(17,18)19)7-6-8-10(11)16(20,21)22;1-6-22-14(23)24-20(15(3,4)5)13(21)11-7-10(2)8-12(9-11)16(17,18)19;/h7-14H,1-6H3;8-11H,4H2,1-3,5-7H3;10-12H,8-9H2,1-7H3;8-10H,3,7H2,1-2,4-6H3;6-8H,5H2,1-4H3;7-9H,6H2,1-5H3;1H4. The van der Waals surface area contributed by atoms with Crippen LogP contribution in [0.3, 0.4) is 0 Å². The first-order chi connectivity index (χ1) is 67.7. The quantitative estimate of drug-likeness (QED) is 0.0326. The van der Waals surface area contributed by atoms with Gasteiger partial charge in [-0.2, -0.15) is 65.9 Å². The zero-order valence-electron chi connectivity index (χ0n) is 90.2. The summed E-state index contributed by atoms with van der Waals surface area (Å²) in [5, 5.41) is 0.307. The van der Waals surface area contributed by atoms with Crippen molar-refractivity contribution in [3.05, 3.63) is 262 Å². The van der Waals surface area contributed by atoms with Crippen LogP contribution in [0.5, 0.6) is 0 Å². The maximum absolute atomic E-state index is 13.3. The van der Waals surface area contributed by atoms with Crippen LogP contribution in [0.4, 0.5) is 71.5 Å². The molecule has 7 aromatic carbocycles. The van der Waals surface area contributed by atoms with Crippen LogP contribution in [0.25, 0.3) is 0 Å². The number of carbonyl (C=O) groups excluding carboxylic acids is 6. The summed E-state index contributed by atoms with van der Waals surface area (Å²) in [6.07, 6.45) is -23.9. The summed E-state index contributed by atoms with van der Waals surface area (Å²) in [5.41, 5.74) is -3.18. The van der Waals surface area contributed by atoms with Crippen molar-refractivity contribution in [3.63, 3.8) is 0 Å². The molecular weight excluding hydrogens is 2180 g/mol. The molecule has 0 atom stereocenters. The number of halogens is 15. The minimum atomic E-state index is -5.15. The first kappa shape index (κ1) is 140. The number of hydrogen-bond donors (Lipinski definition) is 0. The fraction of sp³-hybridized carbons (Fsp3) is 0.477. The van der Waals surface area contributed by atoms with Crippen LogP contribution in [0.15, 0.2) is 162 Å². The second-order valence-corrected chi connectivity index (χ2v) is 49.6. The molecule has 0 heterocycles. The number of alkyl halides is 15. The Hall–Kier alpha value is -8.40. The second-order valence-electron chi connectivity index (χ2n) is 39.7. The molecule has 0 N–H and O–H groups in total. The highest BCUT2D eigenvalue weighted by Crippen LogP contribution is 2.45. The number of thiocarbonyl (C=S) groups is 4. The van der Waals surface area contributed by atoms with E-state index in [4.69, 9.17) is 63.1 Å². The Balaban J connectivity index is 0.000000899. The predicted octanol–water partition coefficient (Wildman–Crippen LogP) is 34.2. The molecule has 0 saturated heterocycles. The minimum Gasteiger partial charge on any atom is -0.484 e. The highest BCUT2D eigenvalue weighted by molar-refractivity contribution is 8.23. The number of carbonyl (C=O) groups is 6. The van der Waals surface area contributed by atoms with Gasteiger partial charge in [0.1, 0.15) is 0 Å². The van der Waals surface area contributed by atoms with Crippen LogP contribution in [0.1, 0.15) is 309 Å². The van der Waals surface area contributed by atoms with E-state index in [9.17, 15) is 94.6 Å². The molecule has 0 saturated carbocycles. The number of para-hydroxylation sites is 1. The van der Waals surface area contributed by atoms with E-state index in [0.717, 1.165) is 120 Å². The van der Waals surface area contributed by atoms with Gasteiger partial charge in [0.05, 0.1) is 56.9 Å². The van der Waals surface area contributed by atoms with Crippen LogP contribution in [0, 0.1) is 48.5 Å². The topological polar surface area (TPSA) is 156 Å². The van der Waals surface area contributed by atoms with Crippen molar-refractivity contribution in [2.24, 2.45) is 0 Å². The Morgan fingerprint density at radius 2 is 0.600 bits per heavy atom. The van der Waals surface area contributed by atoms with Gasteiger partial charge in [0.15, 0.2) is 13.7 Å². The molecule has 0 aliphatic rings. The summed E-state index contributed by atoms with van der Waals surface area (Å²) in [6.45, 7) is 68.3. The van der Waals surface area contributed by atoms with E-state index in [1.807, 2.05) is 177 Å². The van der Waals surface area contributed by atoms with E-state index in [-0.39, 0.29) is 68.5 Å². The average molecular weight is 2320 g/mol. The molecule has 7 rings (SSSR count). The summed E-state index contributed by atoms with van der Waals surface area (Å²) in [6, 6.07) is 33.4. The zero-order valence-corrected chi connectivity index (χ0v) is 99.2. The van der Waals surface area contributed by atoms with Gasteiger partial charge < -0.3 is 24.0 Å². The monoisotopic (exact) mass is 2320 g/mol. The molecule has 43 heteroatoms. The maximum atomic E-state index is 13.3. The minimum absolute atomic E-state index is 0. The first-order valence-electron chi connectivity index (χ1n) is 46.5. The highest BCUT2D eigenvalue weighted by Gasteiger charge is 2.47. The number of rotatable bonds is 19. The van der Waals surface area contributed by atoms with Gasteiger partial charge >= 0.3 is 30.9 Å². The lowest BCUT2D eigenvalue weighted by Crippen LogP contribution is -2.43. The molecule has 17 nitrogen and oxygen atoms in total. The molecule has 0 spiro atoms. The van der Waals surface area contributed by atoms with Gasteiger partial charge in [-0.05, 0) is 383 Å². The summed E-state index contributed by atoms with van der Waals surface area (Å²) < 4.78 is 223. The molecular formula is C107H141F15N8O9S11. The Kier molecular flexibility index (Phi) is 54.9. The van der Waals surface area contributed by atoms with Gasteiger partial charge in [0.2, 0.25) is 8.77 Å². The van der Waals surface area contributed by atoms with Gasteiger partial charge in [-0.25, -0.2) is 0 Å². The number of anilines is 1. The summed E-state index contributed by atoms with van der Waals surface area (Å²) in [5.74, 6) is -2.22. The van der Waals surface area contributed by atoms with Crippen molar-refractivity contribution in [1.82, 2.24) is 30.7 Å². The molecule has 0 aliphatic carbocycles. The van der Waals surface area contributed by atoms with Crippen molar-refractivity contribution >= 4 is 191 Å². The first-order valence-corrected chi connectivity index (χ1v) is 53.8. The fourth-order valence-electron chi connectivity index (χ4n) is 12.9. The summed E-state index contributed by atoms with van der Waals surface area (Å²) in [4.78, 5) is 81.7. The molecule has 7 aromatic rings. The molecule has 6 amide bonds. The van der Waals surface area contributed by atoms with E-state index < -0.39 is 110 Å². The van der Waals surface area contributed by atoms with Crippen LogP contribution >= 0.6 is 132 Å². The van der Waals surface area contributed by atoms with E-state index >= 15 is 0 Å². The second kappa shape index (κ2) is 58.9. The van der Waals surface area contributed by atoms with Crippen LogP contribution < -0.4 is 4.90 Å². The Morgan fingerprint density at radius 1 is 0.340 bits per heavy atom. The van der Waals surface area contributed by atoms with Crippen LogP contribution in [-0.2, 0) is 45.1 Å². The fourth-order valence-corrected chi connectivity index (χ4v) is 20.4. The van der Waals surface area contributed by atoms with Gasteiger partial charge in [-0.3, -0.25) is 54.6 Å². The van der Waals surface area contributed by atoms with Crippen molar-refractivity contribution in [3.8, 4) is 0 Å². The van der Waals surface area contributed by atoms with Gasteiger partial charge in [-0.1, -0.05) is 104 Å². The van der Waals surface area contributed by atoms with Gasteiger partial charge in [0, 0.05) is 147 Å². The van der Waals surface area contributed by atoms with E-state index in [1.165, 1.54) is 113 Å². The Morgan fingerprint density at radius 3 is 0.860 bits per heavy atom. The normalized spacial score (nSPS) is 11.8. The largest absolute Gasteiger partial charge is 0.484 e. The maximum Gasteiger partial charge on any atom is 0.417 e. The summed E-state index contributed by atoms with van der Waals surface area (Å²) in [7, 11) is 1.92. The third kappa shape index (κ3) is 46.3. The highest BCUT2D eigenvalue weighted by atomic mass is 32.2. The Bertz CT molecular complexity index is 5600. The molecule has 0 radical (unpaired) electrons. The third-order valence-electron chi connectivity index (χ3n) is 19.2. The molecule has 834 valence electrons. The number of hydrogen-bond acceptors (Lipinski definition) is 20. The smallest absolute Gasteiger partial charge is 0.417 e. The zero-order chi connectivity index (χ0) is 115. The molecule has 0 fully saturated rings. The number of thioether (sulfide) groups is 1. The third-order valence-corrected chi connectivity index (χ3v) is 29.3. The molecule has 0 bridgehead atoms. The lowest BCUT2D eigenvalue weighted by Gasteiger charge is -2.36. The SMILES string of the molecule is C.C=C(OC(C)C)SN(C(=O)c1cc(C)cc(C(F)(F)F)c1)C(C)(C)C.C=C(SCC)SN(C(=O)c1cc(C)cc(C(F)(F)F)c1)C(C)(C)C.CCN(CC)C(=S)SN(C(=O)c1cc(C)cc(C)c1)C(C)(C)C.CCOC(=S)SN(C(=O)c1c(C(F)(F)F)cccc1C(F)(F)F)C(C)(C)C.CCOC(=S)SN(C(=O)c1cc(C)cc(C(F)(F)F)c1)C(C)(C)C.Cc1cc(C)cc(C(=O)N(SC(=S)N(C)c2ccccc2)C(C)(C)C)c1. The molecule has 0 aliphatic heterocycles. The lowest BCUT2D eigenvalue weighted by atomic mass is 9.97. The average Bonchev–Trinajstić information content (AvgIpc) is 0.771. The van der Waals surface area contributed by atoms with Crippen molar-refractivity contribution in [1.29, 1.82) is 0 Å². The lowest BCUT2D eigenvalue weighted by molar-refractivity contribution is -0.144. The molecule has 150 heavy (non-hydrogen) atoms. The number of ether oxygens (including phenoxy) is 3.